The van der Waals surface area contributed by atoms with Gasteiger partial charge in [-0.05, 0) is 0 Å². The SMILES string of the molecule is C=CCOOCC(COOCC=C)OC(=O)NC/N=C/OOC(COC(=O)C=C)COC(=O)C=C. The van der Waals surface area contributed by atoms with Gasteiger partial charge in [-0.15, -0.1) is 13.2 Å². The lowest BCUT2D eigenvalue weighted by Crippen LogP contribution is -2.34. The Kier molecular flexibility index (Phi) is 20.0. The van der Waals surface area contributed by atoms with Crippen LogP contribution in [0.1, 0.15) is 0 Å². The molecule has 0 bridgehead atoms. The smallest absolute Gasteiger partial charge is 0.409 e. The average molecular weight is 502 g/mol. The van der Waals surface area contributed by atoms with Crippen molar-refractivity contribution in [2.75, 3.05) is 46.3 Å². The topological polar surface area (TPSA) is 159 Å². The Labute approximate surface area is 202 Å². The zero-order valence-electron chi connectivity index (χ0n) is 19.2. The molecule has 14 nitrogen and oxygen atoms in total. The number of aliphatic imine (C=N–C) groups is 1. The highest BCUT2D eigenvalue weighted by Crippen LogP contribution is 1.99. The minimum atomic E-state index is -0.973. The molecule has 1 amide bonds. The quantitative estimate of drug-likeness (QED) is 0.0259. The Morgan fingerprint density at radius 2 is 1.31 bits per heavy atom. The van der Waals surface area contributed by atoms with Crippen LogP contribution >= 0.6 is 0 Å². The summed E-state index contributed by atoms with van der Waals surface area (Å²) in [5.74, 6) is -1.42. The zero-order chi connectivity index (χ0) is 26.2. The first-order valence-corrected chi connectivity index (χ1v) is 10.0. The van der Waals surface area contributed by atoms with Crippen molar-refractivity contribution < 1.29 is 57.9 Å². The summed E-state index contributed by atoms with van der Waals surface area (Å²) in [6, 6.07) is 0. The van der Waals surface area contributed by atoms with Crippen LogP contribution in [0.4, 0.5) is 4.79 Å². The maximum atomic E-state index is 11.9. The van der Waals surface area contributed by atoms with Gasteiger partial charge in [-0.3, -0.25) is 0 Å². The van der Waals surface area contributed by atoms with E-state index in [-0.39, 0.29) is 46.3 Å². The lowest BCUT2D eigenvalue weighted by Gasteiger charge is -2.16. The van der Waals surface area contributed by atoms with E-state index < -0.39 is 30.2 Å². The van der Waals surface area contributed by atoms with Gasteiger partial charge < -0.3 is 24.4 Å². The minimum absolute atomic E-state index is 0.137. The number of hydrogen-bond donors (Lipinski definition) is 1. The van der Waals surface area contributed by atoms with E-state index in [9.17, 15) is 14.4 Å². The van der Waals surface area contributed by atoms with Crippen molar-refractivity contribution in [3.63, 3.8) is 0 Å². The Morgan fingerprint density at radius 3 is 1.80 bits per heavy atom. The summed E-state index contributed by atoms with van der Waals surface area (Å²) >= 11 is 0. The van der Waals surface area contributed by atoms with Gasteiger partial charge in [0, 0.05) is 12.2 Å². The number of alkyl carbamates (subject to hydrolysis) is 1. The van der Waals surface area contributed by atoms with E-state index in [1.54, 1.807) is 0 Å². The highest BCUT2D eigenvalue weighted by molar-refractivity contribution is 5.81. The number of nitrogens with zero attached hydrogens (tertiary/aromatic N) is 1. The molecule has 0 aromatic heterocycles. The summed E-state index contributed by atoms with van der Waals surface area (Å²) in [5, 5.41) is 2.32. The summed E-state index contributed by atoms with van der Waals surface area (Å²) in [7, 11) is 0. The van der Waals surface area contributed by atoms with Gasteiger partial charge in [0.2, 0.25) is 6.40 Å². The summed E-state index contributed by atoms with van der Waals surface area (Å²) in [6.45, 7) is 12.6. The van der Waals surface area contributed by atoms with E-state index >= 15 is 0 Å². The molecule has 0 atom stereocenters. The second-order valence-electron chi connectivity index (χ2n) is 5.85. The lowest BCUT2D eigenvalue weighted by molar-refractivity contribution is -0.324. The Morgan fingerprint density at radius 1 is 0.771 bits per heavy atom. The third-order valence-electron chi connectivity index (χ3n) is 3.10. The predicted octanol–water partition coefficient (Wildman–Crippen LogP) is 1.11. The molecule has 0 aliphatic carbocycles. The van der Waals surface area contributed by atoms with E-state index in [1.165, 1.54) is 12.2 Å². The van der Waals surface area contributed by atoms with Crippen molar-refractivity contribution in [1.82, 2.24) is 5.32 Å². The molecular weight excluding hydrogens is 472 g/mol. The second kappa shape index (κ2) is 22.2. The van der Waals surface area contributed by atoms with E-state index in [0.717, 1.165) is 18.6 Å². The Bertz CT molecular complexity index is 658. The van der Waals surface area contributed by atoms with Crippen molar-refractivity contribution in [1.29, 1.82) is 0 Å². The van der Waals surface area contributed by atoms with Crippen LogP contribution in [0.2, 0.25) is 0 Å². The van der Waals surface area contributed by atoms with E-state index in [0.29, 0.717) is 0 Å². The number of carbonyl (C=O) groups excluding carboxylic acids is 3. The van der Waals surface area contributed by atoms with E-state index in [4.69, 9.17) is 43.5 Å². The first kappa shape index (κ1) is 31.4. The van der Waals surface area contributed by atoms with Crippen LogP contribution < -0.4 is 5.32 Å². The molecule has 1 N–H and O–H groups in total. The summed E-state index contributed by atoms with van der Waals surface area (Å²) < 4.78 is 14.7. The summed E-state index contributed by atoms with van der Waals surface area (Å²) in [6.07, 6.45) is 3.01. The fourth-order valence-corrected chi connectivity index (χ4v) is 1.60. The van der Waals surface area contributed by atoms with Crippen molar-refractivity contribution in [2.24, 2.45) is 4.99 Å². The molecule has 0 saturated heterocycles. The fraction of sp³-hybridized carbons (Fsp3) is 0.429. The highest BCUT2D eigenvalue weighted by atomic mass is 17.2. The number of nitrogens with one attached hydrogen (secondary N) is 1. The number of hydrogen-bond acceptors (Lipinski definition) is 13. The van der Waals surface area contributed by atoms with Crippen molar-refractivity contribution in [3.8, 4) is 0 Å². The number of ether oxygens (including phenoxy) is 3. The molecule has 0 fully saturated rings. The summed E-state index contributed by atoms with van der Waals surface area (Å²) in [5.41, 5.74) is 0. The Hall–Kier alpha value is -3.56. The summed E-state index contributed by atoms with van der Waals surface area (Å²) in [4.78, 5) is 67.0. The molecule has 0 rings (SSSR count). The normalized spacial score (nSPS) is 10.6. The molecule has 0 radical (unpaired) electrons. The molecule has 0 unspecified atom stereocenters. The number of amides is 1. The van der Waals surface area contributed by atoms with Crippen molar-refractivity contribution in [3.05, 3.63) is 50.6 Å². The van der Waals surface area contributed by atoms with Crippen LogP contribution in [0.5, 0.6) is 0 Å². The molecule has 0 aliphatic rings. The fourth-order valence-electron chi connectivity index (χ4n) is 1.60. The second-order valence-corrected chi connectivity index (χ2v) is 5.85. The molecule has 35 heavy (non-hydrogen) atoms. The van der Waals surface area contributed by atoms with E-state index in [1.807, 2.05) is 0 Å². The van der Waals surface area contributed by atoms with Crippen molar-refractivity contribution in [2.45, 2.75) is 12.2 Å². The Balaban J connectivity index is 4.40. The van der Waals surface area contributed by atoms with E-state index in [2.05, 4.69) is 36.6 Å². The van der Waals surface area contributed by atoms with Gasteiger partial charge >= 0.3 is 18.0 Å². The van der Waals surface area contributed by atoms with Gasteiger partial charge in [-0.1, -0.05) is 25.3 Å². The molecule has 0 spiro atoms. The van der Waals surface area contributed by atoms with Gasteiger partial charge in [0.25, 0.3) is 0 Å². The molecule has 14 heteroatoms. The first-order chi connectivity index (χ1) is 17.0. The maximum absolute atomic E-state index is 11.9. The number of esters is 2. The van der Waals surface area contributed by atoms with Gasteiger partial charge in [0.05, 0.1) is 0 Å². The van der Waals surface area contributed by atoms with Crippen LogP contribution in [0.25, 0.3) is 0 Å². The lowest BCUT2D eigenvalue weighted by atomic mass is 10.4. The minimum Gasteiger partial charge on any atom is -0.459 e. The number of rotatable bonds is 22. The number of carbonyl (C=O) groups is 3. The van der Waals surface area contributed by atoms with Gasteiger partial charge in [0.1, 0.15) is 46.3 Å². The molecular formula is C21H30N2O12. The molecule has 0 aliphatic heterocycles. The molecule has 0 aromatic carbocycles. The largest absolute Gasteiger partial charge is 0.459 e. The van der Waals surface area contributed by atoms with Crippen LogP contribution in [-0.4, -0.2) is 83.0 Å². The highest BCUT2D eigenvalue weighted by Gasteiger charge is 2.17. The average Bonchev–Trinajstić information content (AvgIpc) is 2.86. The molecule has 0 saturated carbocycles. The molecule has 0 aromatic rings. The molecule has 196 valence electrons. The zero-order valence-corrected chi connectivity index (χ0v) is 19.2. The monoisotopic (exact) mass is 502 g/mol. The van der Waals surface area contributed by atoms with Crippen molar-refractivity contribution >= 4 is 24.4 Å². The van der Waals surface area contributed by atoms with Crippen LogP contribution in [0, 0.1) is 0 Å². The van der Waals surface area contributed by atoms with Gasteiger partial charge in [-0.25, -0.2) is 38.9 Å². The third-order valence-corrected chi connectivity index (χ3v) is 3.10. The van der Waals surface area contributed by atoms with Crippen LogP contribution in [-0.2, 0) is 53.1 Å². The van der Waals surface area contributed by atoms with Gasteiger partial charge in [0.15, 0.2) is 12.2 Å². The standard InChI is InChI=1S/C21H30N2O12/c1-5-9-29-31-13-17(14-32-30-10-6-2)34-21(26)23-15-22-16-33-35-18(11-27-19(24)7-3)12-28-20(25)8-4/h5-8,16-18H,1-4,9-15H2,(H,23,26)/b22-16+. The maximum Gasteiger partial charge on any atom is 0.409 e. The third kappa shape index (κ3) is 19.6. The van der Waals surface area contributed by atoms with Gasteiger partial charge in [-0.2, -0.15) is 4.89 Å². The molecule has 0 heterocycles. The predicted molar refractivity (Wildman–Crippen MR) is 119 cm³/mol. The first-order valence-electron chi connectivity index (χ1n) is 10.0. The van der Waals surface area contributed by atoms with Crippen LogP contribution in [0.15, 0.2) is 55.6 Å². The van der Waals surface area contributed by atoms with Crippen LogP contribution in [0.3, 0.4) is 0 Å².